The number of likely N-dealkylation sites (tertiary alicyclic amines) is 1. The lowest BCUT2D eigenvalue weighted by molar-refractivity contribution is -0.179. The van der Waals surface area contributed by atoms with Gasteiger partial charge in [0.25, 0.3) is 0 Å². The van der Waals surface area contributed by atoms with Gasteiger partial charge < -0.3 is 9.64 Å². The Labute approximate surface area is 101 Å². The highest BCUT2D eigenvalue weighted by molar-refractivity contribution is 4.81. The molecule has 1 heterocycles. The number of piperidine rings is 1. The van der Waals surface area contributed by atoms with Crippen molar-refractivity contribution in [1.82, 2.24) is 9.80 Å². The molecular weight excluding hydrogens is 233 g/mol. The zero-order valence-electron chi connectivity index (χ0n) is 10.6. The van der Waals surface area contributed by atoms with Crippen LogP contribution in [-0.2, 0) is 4.74 Å². The first kappa shape index (κ1) is 14.7. The van der Waals surface area contributed by atoms with Crippen LogP contribution in [0.4, 0.5) is 13.2 Å². The van der Waals surface area contributed by atoms with E-state index in [1.807, 2.05) is 7.05 Å². The topological polar surface area (TPSA) is 15.7 Å². The predicted molar refractivity (Wildman–Crippen MR) is 59.8 cm³/mol. The first-order valence-electron chi connectivity index (χ1n) is 5.87. The lowest BCUT2D eigenvalue weighted by Gasteiger charge is -2.40. The Bertz CT molecular complexity index is 227. The van der Waals surface area contributed by atoms with Gasteiger partial charge in [0, 0.05) is 13.2 Å². The minimum absolute atomic E-state index is 0.0391. The van der Waals surface area contributed by atoms with Crippen molar-refractivity contribution in [2.24, 2.45) is 0 Å². The Balaban J connectivity index is 2.62. The predicted octanol–water partition coefficient (Wildman–Crippen LogP) is 1.94. The van der Waals surface area contributed by atoms with Crippen LogP contribution in [-0.4, -0.2) is 62.0 Å². The van der Waals surface area contributed by atoms with Crippen molar-refractivity contribution in [2.45, 2.75) is 38.2 Å². The number of methoxy groups -OCH3 is 1. The molecule has 0 aliphatic carbocycles. The Kier molecular flexibility index (Phi) is 5.22. The molecule has 0 saturated carbocycles. The molecule has 0 aromatic heterocycles. The standard InChI is InChI=1S/C11H21F3N2O/c1-9(17-3)16(8-11(12,13)14)10-4-6-15(2)7-5-10/h9-10H,4-8H2,1-3H3. The highest BCUT2D eigenvalue weighted by atomic mass is 19.4. The van der Waals surface area contributed by atoms with Gasteiger partial charge in [0.05, 0.1) is 6.54 Å². The van der Waals surface area contributed by atoms with Gasteiger partial charge in [-0.05, 0) is 39.9 Å². The number of rotatable bonds is 4. The SMILES string of the molecule is COC(C)N(CC(F)(F)F)C1CCN(C)CC1. The molecule has 1 rings (SSSR count). The summed E-state index contributed by atoms with van der Waals surface area (Å²) in [5, 5.41) is 0. The second-order valence-electron chi connectivity index (χ2n) is 4.66. The lowest BCUT2D eigenvalue weighted by atomic mass is 10.0. The molecular formula is C11H21F3N2O. The quantitative estimate of drug-likeness (QED) is 0.713. The molecule has 102 valence electrons. The molecule has 0 N–H and O–H groups in total. The van der Waals surface area contributed by atoms with Crippen molar-refractivity contribution < 1.29 is 17.9 Å². The van der Waals surface area contributed by atoms with Crippen molar-refractivity contribution in [2.75, 3.05) is 33.8 Å². The van der Waals surface area contributed by atoms with Crippen molar-refractivity contribution in [3.8, 4) is 0 Å². The first-order chi connectivity index (χ1) is 7.83. The van der Waals surface area contributed by atoms with E-state index < -0.39 is 18.9 Å². The number of halogens is 3. The highest BCUT2D eigenvalue weighted by Gasteiger charge is 2.37. The Morgan fingerprint density at radius 3 is 2.29 bits per heavy atom. The number of hydrogen-bond donors (Lipinski definition) is 0. The summed E-state index contributed by atoms with van der Waals surface area (Å²) in [6.07, 6.45) is -3.14. The van der Waals surface area contributed by atoms with Crippen molar-refractivity contribution in [3.63, 3.8) is 0 Å². The van der Waals surface area contributed by atoms with Gasteiger partial charge in [0.1, 0.15) is 6.23 Å². The van der Waals surface area contributed by atoms with Crippen molar-refractivity contribution in [3.05, 3.63) is 0 Å². The van der Waals surface area contributed by atoms with Crippen LogP contribution in [0, 0.1) is 0 Å². The van der Waals surface area contributed by atoms with Gasteiger partial charge in [-0.3, -0.25) is 4.90 Å². The summed E-state index contributed by atoms with van der Waals surface area (Å²) < 4.78 is 42.6. The molecule has 3 nitrogen and oxygen atoms in total. The van der Waals surface area contributed by atoms with E-state index in [-0.39, 0.29) is 6.04 Å². The van der Waals surface area contributed by atoms with Crippen molar-refractivity contribution in [1.29, 1.82) is 0 Å². The van der Waals surface area contributed by atoms with Crippen molar-refractivity contribution >= 4 is 0 Å². The largest absolute Gasteiger partial charge is 0.401 e. The third-order valence-corrected chi connectivity index (χ3v) is 3.33. The molecule has 0 bridgehead atoms. The summed E-state index contributed by atoms with van der Waals surface area (Å²) in [4.78, 5) is 3.56. The average Bonchev–Trinajstić information content (AvgIpc) is 2.25. The van der Waals surface area contributed by atoms with E-state index in [2.05, 4.69) is 4.90 Å². The number of alkyl halides is 3. The summed E-state index contributed by atoms with van der Waals surface area (Å²) >= 11 is 0. The van der Waals surface area contributed by atoms with Crippen LogP contribution in [0.1, 0.15) is 19.8 Å². The molecule has 17 heavy (non-hydrogen) atoms. The van der Waals surface area contributed by atoms with Crippen LogP contribution in [0.3, 0.4) is 0 Å². The molecule has 1 aliphatic heterocycles. The molecule has 6 heteroatoms. The first-order valence-corrected chi connectivity index (χ1v) is 5.87. The van der Waals surface area contributed by atoms with Gasteiger partial charge in [0.15, 0.2) is 0 Å². The van der Waals surface area contributed by atoms with E-state index >= 15 is 0 Å². The molecule has 1 aliphatic rings. The average molecular weight is 254 g/mol. The van der Waals surface area contributed by atoms with E-state index in [1.54, 1.807) is 6.92 Å². The zero-order valence-corrected chi connectivity index (χ0v) is 10.6. The summed E-state index contributed by atoms with van der Waals surface area (Å²) in [6.45, 7) is 2.46. The second-order valence-corrected chi connectivity index (χ2v) is 4.66. The molecule has 0 amide bonds. The fraction of sp³-hybridized carbons (Fsp3) is 1.00. The van der Waals surface area contributed by atoms with E-state index in [9.17, 15) is 13.2 Å². The number of hydrogen-bond acceptors (Lipinski definition) is 3. The molecule has 1 saturated heterocycles. The van der Waals surface area contributed by atoms with Gasteiger partial charge in [-0.1, -0.05) is 0 Å². The molecule has 0 radical (unpaired) electrons. The summed E-state index contributed by atoms with van der Waals surface area (Å²) in [5.41, 5.74) is 0. The van der Waals surface area contributed by atoms with Crippen LogP contribution in [0.5, 0.6) is 0 Å². The van der Waals surface area contributed by atoms with Crippen LogP contribution < -0.4 is 0 Å². The van der Waals surface area contributed by atoms with Gasteiger partial charge in [-0.2, -0.15) is 13.2 Å². The van der Waals surface area contributed by atoms with Gasteiger partial charge >= 0.3 is 6.18 Å². The second kappa shape index (κ2) is 6.02. The third-order valence-electron chi connectivity index (χ3n) is 3.33. The fourth-order valence-corrected chi connectivity index (χ4v) is 2.22. The molecule has 1 atom stereocenters. The molecule has 1 unspecified atom stereocenters. The van der Waals surface area contributed by atoms with E-state index in [1.165, 1.54) is 12.0 Å². The summed E-state index contributed by atoms with van der Waals surface area (Å²) in [6, 6.07) is -0.0391. The molecule has 0 aromatic carbocycles. The zero-order chi connectivity index (χ0) is 13.1. The smallest absolute Gasteiger partial charge is 0.367 e. The monoisotopic (exact) mass is 254 g/mol. The van der Waals surface area contributed by atoms with Crippen LogP contribution in [0.25, 0.3) is 0 Å². The summed E-state index contributed by atoms with van der Waals surface area (Å²) in [7, 11) is 3.44. The highest BCUT2D eigenvalue weighted by Crippen LogP contribution is 2.24. The van der Waals surface area contributed by atoms with Crippen LogP contribution >= 0.6 is 0 Å². The van der Waals surface area contributed by atoms with E-state index in [0.717, 1.165) is 25.9 Å². The molecule has 0 spiro atoms. The molecule has 1 fully saturated rings. The minimum atomic E-state index is -4.17. The fourth-order valence-electron chi connectivity index (χ4n) is 2.22. The Morgan fingerprint density at radius 1 is 1.35 bits per heavy atom. The van der Waals surface area contributed by atoms with E-state index in [0.29, 0.717) is 0 Å². The Hall–Kier alpha value is -0.330. The minimum Gasteiger partial charge on any atom is -0.367 e. The number of ether oxygens (including phenoxy) is 1. The maximum absolute atomic E-state index is 12.5. The maximum atomic E-state index is 12.5. The normalized spacial score (nSPS) is 22.1. The molecule has 0 aromatic rings. The van der Waals surface area contributed by atoms with Gasteiger partial charge in [-0.25, -0.2) is 0 Å². The van der Waals surface area contributed by atoms with Crippen LogP contribution in [0.2, 0.25) is 0 Å². The summed E-state index contributed by atoms with van der Waals surface area (Å²) in [5.74, 6) is 0. The maximum Gasteiger partial charge on any atom is 0.401 e. The van der Waals surface area contributed by atoms with Gasteiger partial charge in [0.2, 0.25) is 0 Å². The Morgan fingerprint density at radius 2 is 1.88 bits per heavy atom. The van der Waals surface area contributed by atoms with Crippen LogP contribution in [0.15, 0.2) is 0 Å². The van der Waals surface area contributed by atoms with Gasteiger partial charge in [-0.15, -0.1) is 0 Å². The number of nitrogens with zero attached hydrogens (tertiary/aromatic N) is 2. The van der Waals surface area contributed by atoms with E-state index in [4.69, 9.17) is 4.74 Å². The lowest BCUT2D eigenvalue weighted by Crippen LogP contribution is -2.51. The third kappa shape index (κ3) is 4.81.